The van der Waals surface area contributed by atoms with E-state index in [1.165, 1.54) is 0 Å². The van der Waals surface area contributed by atoms with Gasteiger partial charge in [0.1, 0.15) is 0 Å². The van der Waals surface area contributed by atoms with E-state index >= 15 is 0 Å². The molecule has 0 aromatic heterocycles. The van der Waals surface area contributed by atoms with E-state index < -0.39 is 23.3 Å². The van der Waals surface area contributed by atoms with Crippen LogP contribution in [0.1, 0.15) is 31.4 Å². The maximum absolute atomic E-state index is 12.2. The molecule has 0 aliphatic carbocycles. The summed E-state index contributed by atoms with van der Waals surface area (Å²) in [6.07, 6.45) is 0.454. The van der Waals surface area contributed by atoms with Gasteiger partial charge in [0.2, 0.25) is 0 Å². The van der Waals surface area contributed by atoms with Crippen molar-refractivity contribution in [1.82, 2.24) is 5.32 Å². The minimum atomic E-state index is -2.70. The number of anilines is 2. The maximum Gasteiger partial charge on any atom is 0.319 e. The van der Waals surface area contributed by atoms with Gasteiger partial charge in [0.15, 0.2) is 0 Å². The van der Waals surface area contributed by atoms with Crippen LogP contribution in [0.3, 0.4) is 0 Å². The Kier molecular flexibility index (Phi) is 8.78. The Bertz CT molecular complexity index is 1140. The number of benzene rings is 3. The third kappa shape index (κ3) is 6.66. The van der Waals surface area contributed by atoms with E-state index in [-0.39, 0.29) is 12.5 Å². The predicted octanol–water partition coefficient (Wildman–Crippen LogP) is 4.70. The summed E-state index contributed by atoms with van der Waals surface area (Å²) in [5.74, 6) is -1.10. The van der Waals surface area contributed by atoms with Crippen molar-refractivity contribution >= 4 is 34.6 Å². The third-order valence-corrected chi connectivity index (χ3v) is 5.89. The lowest BCUT2D eigenvalue weighted by molar-refractivity contribution is -0.137. The molecule has 178 valence electrons. The number of amides is 2. The molecule has 0 aliphatic rings. The molecule has 2 atom stereocenters. The fraction of sp³-hybridized carbons (Fsp3) is 0.200. The van der Waals surface area contributed by atoms with Gasteiger partial charge in [0.25, 0.3) is 0 Å². The molecular weight excluding hydrogens is 454 g/mol. The molecule has 2 amide bonds. The van der Waals surface area contributed by atoms with Gasteiger partial charge in [-0.2, -0.15) is 0 Å². The zero-order chi connectivity index (χ0) is 24.5. The van der Waals surface area contributed by atoms with Crippen molar-refractivity contribution in [3.05, 3.63) is 84.4 Å². The van der Waals surface area contributed by atoms with Crippen LogP contribution in [0.5, 0.6) is 0 Å². The largest absolute Gasteiger partial charge is 0.755 e. The Balaban J connectivity index is 1.86. The molecule has 9 heteroatoms. The molecule has 34 heavy (non-hydrogen) atoms. The number of hydrogen-bond donors (Lipinski definition) is 3. The van der Waals surface area contributed by atoms with Crippen molar-refractivity contribution < 1.29 is 23.5 Å². The van der Waals surface area contributed by atoms with Crippen LogP contribution in [0.15, 0.2) is 78.9 Å². The summed E-state index contributed by atoms with van der Waals surface area (Å²) in [5, 5.41) is 14.9. The number of urea groups is 1. The maximum atomic E-state index is 12.2. The SMILES string of the molecule is CCCNC(=O)Nc1cccc(-c2ccc(N(C(CC(=O)O)c3ccccc3)S(=O)[O-])cc2)c1. The van der Waals surface area contributed by atoms with Crippen molar-refractivity contribution in [3.63, 3.8) is 0 Å². The van der Waals surface area contributed by atoms with Gasteiger partial charge in [0, 0.05) is 29.2 Å². The lowest BCUT2D eigenvalue weighted by atomic mass is 10.0. The zero-order valence-corrected chi connectivity index (χ0v) is 19.5. The first-order chi connectivity index (χ1) is 16.4. The molecule has 0 radical (unpaired) electrons. The van der Waals surface area contributed by atoms with Crippen molar-refractivity contribution in [2.24, 2.45) is 0 Å². The van der Waals surface area contributed by atoms with Gasteiger partial charge < -0.3 is 20.3 Å². The highest BCUT2D eigenvalue weighted by Gasteiger charge is 2.25. The monoisotopic (exact) mass is 480 g/mol. The topological polar surface area (TPSA) is 122 Å². The van der Waals surface area contributed by atoms with E-state index in [1.807, 2.05) is 25.1 Å². The van der Waals surface area contributed by atoms with Crippen molar-refractivity contribution in [1.29, 1.82) is 0 Å². The lowest BCUT2D eigenvalue weighted by Gasteiger charge is -2.34. The van der Waals surface area contributed by atoms with Gasteiger partial charge in [-0.1, -0.05) is 61.5 Å². The highest BCUT2D eigenvalue weighted by Crippen LogP contribution is 2.33. The van der Waals surface area contributed by atoms with E-state index in [0.717, 1.165) is 21.9 Å². The molecule has 3 aromatic rings. The van der Waals surface area contributed by atoms with Crippen LogP contribution in [0, 0.1) is 0 Å². The molecule has 3 N–H and O–H groups in total. The van der Waals surface area contributed by atoms with Gasteiger partial charge in [-0.05, 0) is 47.4 Å². The number of carbonyl (C=O) groups is 2. The predicted molar refractivity (Wildman–Crippen MR) is 132 cm³/mol. The summed E-state index contributed by atoms with van der Waals surface area (Å²) in [5.41, 5.74) is 3.20. The van der Waals surface area contributed by atoms with Crippen LogP contribution < -0.4 is 14.9 Å². The second kappa shape index (κ2) is 12.0. The highest BCUT2D eigenvalue weighted by atomic mass is 32.2. The number of carbonyl (C=O) groups excluding carboxylic acids is 1. The molecule has 2 unspecified atom stereocenters. The van der Waals surface area contributed by atoms with Gasteiger partial charge >= 0.3 is 12.0 Å². The van der Waals surface area contributed by atoms with E-state index in [0.29, 0.717) is 23.5 Å². The second-order valence-electron chi connectivity index (χ2n) is 7.58. The fourth-order valence-electron chi connectivity index (χ4n) is 3.54. The van der Waals surface area contributed by atoms with E-state index in [9.17, 15) is 23.5 Å². The number of carboxylic acid groups (broad SMARTS) is 1. The van der Waals surface area contributed by atoms with Crippen LogP contribution >= 0.6 is 0 Å². The summed E-state index contributed by atoms with van der Waals surface area (Å²) in [7, 11) is 0. The number of nitrogens with zero attached hydrogens (tertiary/aromatic N) is 1. The Morgan fingerprint density at radius 2 is 1.71 bits per heavy atom. The lowest BCUT2D eigenvalue weighted by Crippen LogP contribution is -2.32. The quantitative estimate of drug-likeness (QED) is 0.363. The Hall–Kier alpha value is -3.69. The van der Waals surface area contributed by atoms with Crippen molar-refractivity contribution in [2.45, 2.75) is 25.8 Å². The van der Waals surface area contributed by atoms with E-state index in [4.69, 9.17) is 0 Å². The smallest absolute Gasteiger partial charge is 0.319 e. The van der Waals surface area contributed by atoms with E-state index in [2.05, 4.69) is 10.6 Å². The molecule has 0 spiro atoms. The van der Waals surface area contributed by atoms with Crippen LogP contribution in [0.2, 0.25) is 0 Å². The number of carboxylic acids is 1. The van der Waals surface area contributed by atoms with Gasteiger partial charge in [-0.25, -0.2) is 4.79 Å². The molecule has 0 aliphatic heterocycles. The Morgan fingerprint density at radius 1 is 1.00 bits per heavy atom. The van der Waals surface area contributed by atoms with Crippen LogP contribution in [0.4, 0.5) is 16.2 Å². The van der Waals surface area contributed by atoms with Gasteiger partial charge in [-0.3, -0.25) is 13.3 Å². The average Bonchev–Trinajstić information content (AvgIpc) is 2.83. The molecular formula is C25H26N3O5S-. The first kappa shape index (κ1) is 24.9. The minimum Gasteiger partial charge on any atom is -0.755 e. The molecule has 3 rings (SSSR count). The molecule has 0 fully saturated rings. The molecule has 0 saturated heterocycles. The molecule has 0 saturated carbocycles. The summed E-state index contributed by atoms with van der Waals surface area (Å²) in [6.45, 7) is 2.55. The third-order valence-electron chi connectivity index (χ3n) is 5.11. The summed E-state index contributed by atoms with van der Waals surface area (Å²) >= 11 is -2.70. The fourth-order valence-corrected chi connectivity index (χ4v) is 4.24. The molecule has 3 aromatic carbocycles. The summed E-state index contributed by atoms with van der Waals surface area (Å²) in [4.78, 5) is 23.4. The van der Waals surface area contributed by atoms with Gasteiger partial charge in [-0.15, -0.1) is 0 Å². The summed E-state index contributed by atoms with van der Waals surface area (Å²) < 4.78 is 25.4. The number of rotatable bonds is 10. The van der Waals surface area contributed by atoms with Crippen molar-refractivity contribution in [3.8, 4) is 11.1 Å². The number of aliphatic carboxylic acids is 1. The highest BCUT2D eigenvalue weighted by molar-refractivity contribution is 7.80. The molecule has 8 nitrogen and oxygen atoms in total. The zero-order valence-electron chi connectivity index (χ0n) is 18.6. The standard InChI is InChI=1S/C25H27N3O5S/c1-2-15-26-25(31)27-21-10-6-9-20(16-21)18-11-13-22(14-12-18)28(34(32)33)23(17-24(29)30)19-7-4-3-5-8-19/h3-14,16,23H,2,15,17H2,1H3,(H,29,30)(H,32,33)(H2,26,27,31)/p-1. The van der Waals surface area contributed by atoms with E-state index in [1.54, 1.807) is 60.7 Å². The Labute approximate surface area is 201 Å². The molecule has 0 bridgehead atoms. The first-order valence-electron chi connectivity index (χ1n) is 10.8. The van der Waals surface area contributed by atoms with Crippen LogP contribution in [-0.2, 0) is 16.1 Å². The minimum absolute atomic E-state index is 0.284. The van der Waals surface area contributed by atoms with Crippen LogP contribution in [-0.4, -0.2) is 32.4 Å². The Morgan fingerprint density at radius 3 is 2.32 bits per heavy atom. The summed E-state index contributed by atoms with van der Waals surface area (Å²) in [6, 6.07) is 21.6. The van der Waals surface area contributed by atoms with Crippen LogP contribution in [0.25, 0.3) is 11.1 Å². The number of hydrogen-bond acceptors (Lipinski definition) is 4. The number of nitrogens with one attached hydrogen (secondary N) is 2. The molecule has 0 heterocycles. The normalized spacial score (nSPS) is 12.4. The van der Waals surface area contributed by atoms with Crippen molar-refractivity contribution in [2.75, 3.05) is 16.2 Å². The second-order valence-corrected chi connectivity index (χ2v) is 8.40. The first-order valence-corrected chi connectivity index (χ1v) is 11.8. The average molecular weight is 481 g/mol. The van der Waals surface area contributed by atoms with Gasteiger partial charge in [0.05, 0.1) is 12.5 Å².